The van der Waals surface area contributed by atoms with Crippen molar-refractivity contribution in [3.8, 4) is 0 Å². The Morgan fingerprint density at radius 1 is 1.23 bits per heavy atom. The maximum Gasteiger partial charge on any atom is 0.224 e. The average Bonchev–Trinajstić information content (AvgIpc) is 3.15. The van der Waals surface area contributed by atoms with Crippen LogP contribution in [-0.4, -0.2) is 61.4 Å². The molecule has 0 spiro atoms. The number of carbonyl (C=O) groups is 1. The zero-order valence-electron chi connectivity index (χ0n) is 18.5. The Labute approximate surface area is 183 Å². The van der Waals surface area contributed by atoms with E-state index in [4.69, 9.17) is 4.74 Å². The van der Waals surface area contributed by atoms with Gasteiger partial charge in [-0.1, -0.05) is 18.6 Å². The number of nitrogens with zero attached hydrogens (tertiary/aromatic N) is 6. The number of amides is 1. The van der Waals surface area contributed by atoms with E-state index in [0.717, 1.165) is 57.0 Å². The van der Waals surface area contributed by atoms with Crippen LogP contribution >= 0.6 is 0 Å². The van der Waals surface area contributed by atoms with Crippen molar-refractivity contribution in [3.05, 3.63) is 30.4 Å². The first kappa shape index (κ1) is 20.7. The van der Waals surface area contributed by atoms with E-state index in [1.807, 2.05) is 16.9 Å². The fraction of sp³-hybridized carbons (Fsp3) is 0.739. The first-order valence-electron chi connectivity index (χ1n) is 12.0. The fourth-order valence-electron chi connectivity index (χ4n) is 5.24. The topological polar surface area (TPSA) is 78.1 Å². The van der Waals surface area contributed by atoms with Crippen molar-refractivity contribution >= 4 is 5.91 Å². The van der Waals surface area contributed by atoms with E-state index < -0.39 is 0 Å². The molecule has 0 unspecified atom stereocenters. The largest absolute Gasteiger partial charge is 0.376 e. The average molecular weight is 427 g/mol. The van der Waals surface area contributed by atoms with Crippen molar-refractivity contribution < 1.29 is 9.53 Å². The molecule has 1 saturated heterocycles. The van der Waals surface area contributed by atoms with E-state index >= 15 is 0 Å². The fourth-order valence-corrected chi connectivity index (χ4v) is 5.24. The molecule has 0 radical (unpaired) electrons. The molecule has 1 amide bonds. The summed E-state index contributed by atoms with van der Waals surface area (Å²) in [6, 6.07) is 2.12. The van der Waals surface area contributed by atoms with E-state index in [9.17, 15) is 4.79 Å². The molecule has 8 nitrogen and oxygen atoms in total. The lowest BCUT2D eigenvalue weighted by molar-refractivity contribution is -0.130. The zero-order chi connectivity index (χ0) is 21.2. The maximum atomic E-state index is 12.8. The standard InChI is InChI=1S/C23H34N6O2/c1-2-4-20-15-29(26-25-20)21-11-18-13-27(23(30)7-10-28-9-3-8-24-28)14-19(18)12-22(21)31-16-17-5-6-17/h3,8-9,15,17-19,21-22H,2,4-7,10-14,16H2,1H3/t18-,19+,21-,22-/m1/s1. The van der Waals surface area contributed by atoms with Gasteiger partial charge in [0.15, 0.2) is 0 Å². The SMILES string of the molecule is CCCc1cn([C@@H]2C[C@@H]3CN(C(=O)CCn4cccn4)C[C@@H]3C[C@H]2OCC2CC2)nn1. The summed E-state index contributed by atoms with van der Waals surface area (Å²) < 4.78 is 10.3. The highest BCUT2D eigenvalue weighted by atomic mass is 16.5. The van der Waals surface area contributed by atoms with Crippen molar-refractivity contribution in [2.75, 3.05) is 19.7 Å². The van der Waals surface area contributed by atoms with Crippen LogP contribution < -0.4 is 0 Å². The molecule has 3 heterocycles. The number of hydrogen-bond donors (Lipinski definition) is 0. The molecule has 2 saturated carbocycles. The predicted octanol–water partition coefficient (Wildman–Crippen LogP) is 2.72. The van der Waals surface area contributed by atoms with Crippen molar-refractivity contribution in [3.63, 3.8) is 0 Å². The molecule has 1 aliphatic heterocycles. The van der Waals surface area contributed by atoms with Gasteiger partial charge < -0.3 is 9.64 Å². The minimum atomic E-state index is 0.164. The number of aromatic nitrogens is 5. The van der Waals surface area contributed by atoms with Crippen LogP contribution in [0.4, 0.5) is 0 Å². The number of likely N-dealkylation sites (tertiary alicyclic amines) is 1. The van der Waals surface area contributed by atoms with Crippen molar-refractivity contribution in [1.29, 1.82) is 0 Å². The predicted molar refractivity (Wildman–Crippen MR) is 115 cm³/mol. The molecule has 168 valence electrons. The number of carbonyl (C=O) groups excluding carboxylic acids is 1. The summed E-state index contributed by atoms with van der Waals surface area (Å²) in [7, 11) is 0. The third kappa shape index (κ3) is 4.84. The zero-order valence-corrected chi connectivity index (χ0v) is 18.5. The van der Waals surface area contributed by atoms with Crippen molar-refractivity contribution in [1.82, 2.24) is 29.7 Å². The molecular formula is C23H34N6O2. The van der Waals surface area contributed by atoms with Crippen LogP contribution in [0.3, 0.4) is 0 Å². The number of hydrogen-bond acceptors (Lipinski definition) is 5. The van der Waals surface area contributed by atoms with Gasteiger partial charge in [-0.25, -0.2) is 4.68 Å². The molecule has 2 aromatic rings. The van der Waals surface area contributed by atoms with Gasteiger partial charge in [0.25, 0.3) is 0 Å². The summed E-state index contributed by atoms with van der Waals surface area (Å²) in [5, 5.41) is 13.1. The molecular weight excluding hydrogens is 392 g/mol. The highest BCUT2D eigenvalue weighted by Crippen LogP contribution is 2.43. The summed E-state index contributed by atoms with van der Waals surface area (Å²) in [4.78, 5) is 14.9. The maximum absolute atomic E-state index is 12.8. The summed E-state index contributed by atoms with van der Waals surface area (Å²) >= 11 is 0. The monoisotopic (exact) mass is 426 g/mol. The molecule has 4 atom stereocenters. The summed E-state index contributed by atoms with van der Waals surface area (Å²) in [6.45, 7) is 5.39. The molecule has 2 aliphatic carbocycles. The normalized spacial score (nSPS) is 28.1. The molecule has 3 aliphatic rings. The van der Waals surface area contributed by atoms with Gasteiger partial charge in [0.2, 0.25) is 5.91 Å². The molecule has 3 fully saturated rings. The second-order valence-corrected chi connectivity index (χ2v) is 9.63. The smallest absolute Gasteiger partial charge is 0.224 e. The Balaban J connectivity index is 1.24. The highest BCUT2D eigenvalue weighted by molar-refractivity contribution is 5.76. The van der Waals surface area contributed by atoms with E-state index in [2.05, 4.69) is 38.1 Å². The van der Waals surface area contributed by atoms with E-state index in [0.29, 0.717) is 24.8 Å². The summed E-state index contributed by atoms with van der Waals surface area (Å²) in [5.41, 5.74) is 1.06. The lowest BCUT2D eigenvalue weighted by Crippen LogP contribution is -2.38. The van der Waals surface area contributed by atoms with Crippen molar-refractivity contribution in [2.24, 2.45) is 17.8 Å². The molecule has 5 rings (SSSR count). The second kappa shape index (κ2) is 9.10. The number of rotatable bonds is 9. The molecule has 0 bridgehead atoms. The van der Waals surface area contributed by atoms with E-state index in [1.165, 1.54) is 12.8 Å². The third-order valence-corrected chi connectivity index (χ3v) is 7.20. The first-order valence-corrected chi connectivity index (χ1v) is 12.0. The first-order chi connectivity index (χ1) is 15.2. The van der Waals surface area contributed by atoms with Gasteiger partial charge in [-0.2, -0.15) is 5.10 Å². The number of aryl methyl sites for hydroxylation is 2. The van der Waals surface area contributed by atoms with Crippen molar-refractivity contribution in [2.45, 2.75) is 70.6 Å². The number of ether oxygens (including phenoxy) is 1. The van der Waals surface area contributed by atoms with Gasteiger partial charge in [-0.3, -0.25) is 9.48 Å². The van der Waals surface area contributed by atoms with Gasteiger partial charge in [-0.05, 0) is 55.9 Å². The Morgan fingerprint density at radius 3 is 2.81 bits per heavy atom. The highest BCUT2D eigenvalue weighted by Gasteiger charge is 2.45. The van der Waals surface area contributed by atoms with E-state index in [-0.39, 0.29) is 18.1 Å². The van der Waals surface area contributed by atoms with Crippen LogP contribution in [0.15, 0.2) is 24.7 Å². The Kier molecular flexibility index (Phi) is 6.07. The second-order valence-electron chi connectivity index (χ2n) is 9.63. The van der Waals surface area contributed by atoms with Crippen LogP contribution in [0.5, 0.6) is 0 Å². The van der Waals surface area contributed by atoms with Gasteiger partial charge >= 0.3 is 0 Å². The summed E-state index contributed by atoms with van der Waals surface area (Å²) in [6.07, 6.45) is 13.1. The summed E-state index contributed by atoms with van der Waals surface area (Å²) in [5.74, 6) is 2.02. The van der Waals surface area contributed by atoms with Crippen LogP contribution in [0, 0.1) is 17.8 Å². The van der Waals surface area contributed by atoms with Crippen LogP contribution in [0.25, 0.3) is 0 Å². The molecule has 8 heteroatoms. The Bertz CT molecular complexity index is 861. The van der Waals surface area contributed by atoms with Crippen LogP contribution in [0.1, 0.15) is 57.2 Å². The Hall–Kier alpha value is -2.22. The molecule has 31 heavy (non-hydrogen) atoms. The molecule has 0 N–H and O–H groups in total. The lowest BCUT2D eigenvalue weighted by atomic mass is 9.77. The van der Waals surface area contributed by atoms with Gasteiger partial charge in [0.1, 0.15) is 0 Å². The van der Waals surface area contributed by atoms with Gasteiger partial charge in [-0.15, -0.1) is 5.10 Å². The van der Waals surface area contributed by atoms with Gasteiger partial charge in [0, 0.05) is 51.3 Å². The van der Waals surface area contributed by atoms with Crippen LogP contribution in [0.2, 0.25) is 0 Å². The minimum Gasteiger partial charge on any atom is -0.376 e. The minimum absolute atomic E-state index is 0.164. The van der Waals surface area contributed by atoms with Crippen LogP contribution in [-0.2, 0) is 22.5 Å². The third-order valence-electron chi connectivity index (χ3n) is 7.20. The quantitative estimate of drug-likeness (QED) is 0.616. The lowest BCUT2D eigenvalue weighted by Gasteiger charge is -2.37. The van der Waals surface area contributed by atoms with Gasteiger partial charge in [0.05, 0.1) is 17.8 Å². The Morgan fingerprint density at radius 2 is 2.06 bits per heavy atom. The molecule has 2 aromatic heterocycles. The number of fused-ring (bicyclic) bond motifs is 1. The molecule has 0 aromatic carbocycles. The van der Waals surface area contributed by atoms with E-state index in [1.54, 1.807) is 6.20 Å².